The van der Waals surface area contributed by atoms with E-state index in [9.17, 15) is 9.18 Å². The van der Waals surface area contributed by atoms with Crippen LogP contribution in [-0.2, 0) is 13.2 Å². The third-order valence-electron chi connectivity index (χ3n) is 5.63. The van der Waals surface area contributed by atoms with Crippen LogP contribution >= 0.6 is 0 Å². The number of benzene rings is 2. The second kappa shape index (κ2) is 8.92. The Hall–Kier alpha value is -3.52. The van der Waals surface area contributed by atoms with Gasteiger partial charge in [0.15, 0.2) is 5.76 Å². The molecule has 0 N–H and O–H groups in total. The van der Waals surface area contributed by atoms with Gasteiger partial charge < -0.3 is 14.4 Å². The van der Waals surface area contributed by atoms with E-state index in [4.69, 9.17) is 9.47 Å². The zero-order valence-electron chi connectivity index (χ0n) is 17.5. The van der Waals surface area contributed by atoms with Crippen LogP contribution in [0.5, 0.6) is 11.5 Å². The number of aromatic nitrogens is 3. The third kappa shape index (κ3) is 4.55. The molecule has 0 spiro atoms. The predicted molar refractivity (Wildman–Crippen MR) is 116 cm³/mol. The number of rotatable bonds is 7. The Morgan fingerprint density at radius 3 is 2.72 bits per heavy atom. The molecule has 0 atom stereocenters. The molecule has 0 amide bonds. The molecule has 0 bridgehead atoms. The van der Waals surface area contributed by atoms with Crippen LogP contribution in [0.3, 0.4) is 0 Å². The van der Waals surface area contributed by atoms with E-state index in [2.05, 4.69) is 15.2 Å². The van der Waals surface area contributed by atoms with Crippen LogP contribution in [0, 0.1) is 5.82 Å². The summed E-state index contributed by atoms with van der Waals surface area (Å²) in [6.07, 6.45) is 6.04. The van der Waals surface area contributed by atoms with E-state index in [0.717, 1.165) is 31.9 Å². The molecule has 1 fully saturated rings. The largest absolute Gasteiger partial charge is 0.487 e. The Balaban J connectivity index is 1.19. The first-order valence-electron chi connectivity index (χ1n) is 10.7. The van der Waals surface area contributed by atoms with Crippen LogP contribution in [-0.4, -0.2) is 45.3 Å². The molecular formula is C24H23FN4O3. The summed E-state index contributed by atoms with van der Waals surface area (Å²) < 4.78 is 26.5. The van der Waals surface area contributed by atoms with Crippen LogP contribution in [0.4, 0.5) is 4.39 Å². The smallest absolute Gasteiger partial charge is 0.231 e. The molecule has 0 saturated carbocycles. The molecule has 164 valence electrons. The molecule has 0 aliphatic carbocycles. The van der Waals surface area contributed by atoms with Crippen molar-refractivity contribution in [1.82, 2.24) is 19.9 Å². The van der Waals surface area contributed by atoms with Crippen molar-refractivity contribution in [2.24, 2.45) is 0 Å². The van der Waals surface area contributed by atoms with Crippen LogP contribution in [0.25, 0.3) is 6.08 Å². The normalized spacial score (nSPS) is 17.0. The predicted octanol–water partition coefficient (Wildman–Crippen LogP) is 3.71. The number of fused-ring (bicyclic) bond motifs is 1. The first-order valence-corrected chi connectivity index (χ1v) is 10.7. The third-order valence-corrected chi connectivity index (χ3v) is 5.63. The number of allylic oxidation sites excluding steroid dienone is 1. The summed E-state index contributed by atoms with van der Waals surface area (Å²) in [5, 5.41) is 8.35. The summed E-state index contributed by atoms with van der Waals surface area (Å²) in [5.41, 5.74) is 1.89. The number of Topliss-reactive ketones (excluding diaryl/α,β-unsaturated/α-hetero) is 1. The van der Waals surface area contributed by atoms with Gasteiger partial charge in [-0.3, -0.25) is 9.48 Å². The van der Waals surface area contributed by atoms with Crippen LogP contribution in [0.2, 0.25) is 0 Å². The van der Waals surface area contributed by atoms with Crippen molar-refractivity contribution >= 4 is 11.9 Å². The van der Waals surface area contributed by atoms with Gasteiger partial charge >= 0.3 is 0 Å². The molecule has 0 unspecified atom stereocenters. The Bertz CT molecular complexity index is 1150. The van der Waals surface area contributed by atoms with Crippen molar-refractivity contribution in [3.05, 3.63) is 77.1 Å². The molecule has 7 nitrogen and oxygen atoms in total. The lowest BCUT2D eigenvalue weighted by atomic mass is 10.1. The van der Waals surface area contributed by atoms with Gasteiger partial charge in [-0.1, -0.05) is 17.3 Å². The molecule has 1 aromatic heterocycles. The number of hydrogen-bond acceptors (Lipinski definition) is 6. The fourth-order valence-electron chi connectivity index (χ4n) is 3.89. The summed E-state index contributed by atoms with van der Waals surface area (Å²) in [6.45, 7) is 4.38. The Labute approximate surface area is 185 Å². The second-order valence-electron chi connectivity index (χ2n) is 7.96. The van der Waals surface area contributed by atoms with Gasteiger partial charge in [0.25, 0.3) is 0 Å². The van der Waals surface area contributed by atoms with Gasteiger partial charge in [0.05, 0.1) is 18.3 Å². The maximum atomic E-state index is 13.1. The minimum atomic E-state index is -0.331. The van der Waals surface area contributed by atoms with Crippen molar-refractivity contribution in [3.8, 4) is 11.5 Å². The number of carbonyl (C=O) groups excluding carboxylic acids is 1. The van der Waals surface area contributed by atoms with E-state index in [1.165, 1.54) is 25.0 Å². The standard InChI is InChI=1S/C24H23FN4O3/c25-18-5-3-17(4-6-18)13-23-24(30)21-8-7-20(14-22(21)32-23)31-16-19-15-29(27-26-19)12-11-28-9-1-2-10-28/h3-8,13-15H,1-2,9-12,16H2/b23-13-. The van der Waals surface area contributed by atoms with Crippen molar-refractivity contribution in [3.63, 3.8) is 0 Å². The zero-order valence-corrected chi connectivity index (χ0v) is 17.5. The first-order chi connectivity index (χ1) is 15.6. The van der Waals surface area contributed by atoms with E-state index in [-0.39, 0.29) is 24.0 Å². The Kier molecular flexibility index (Phi) is 5.68. The lowest BCUT2D eigenvalue weighted by Crippen LogP contribution is -2.24. The number of nitrogens with zero attached hydrogens (tertiary/aromatic N) is 4. The molecule has 2 aromatic carbocycles. The number of ether oxygens (including phenoxy) is 2. The summed E-state index contributed by atoms with van der Waals surface area (Å²) in [5.74, 6) is 0.672. The average Bonchev–Trinajstić information content (AvgIpc) is 3.54. The highest BCUT2D eigenvalue weighted by molar-refractivity contribution is 6.14. The van der Waals surface area contributed by atoms with Gasteiger partial charge in [0.2, 0.25) is 5.78 Å². The summed E-state index contributed by atoms with van der Waals surface area (Å²) >= 11 is 0. The molecule has 32 heavy (non-hydrogen) atoms. The van der Waals surface area contributed by atoms with E-state index in [1.54, 1.807) is 36.4 Å². The minimum absolute atomic E-state index is 0.199. The number of carbonyl (C=O) groups is 1. The molecule has 5 rings (SSSR count). The SMILES string of the molecule is O=C1/C(=C/c2ccc(F)cc2)Oc2cc(OCc3cn(CCN4CCCC4)nn3)ccc21. The van der Waals surface area contributed by atoms with Crippen molar-refractivity contribution in [2.45, 2.75) is 26.0 Å². The molecule has 0 radical (unpaired) electrons. The highest BCUT2D eigenvalue weighted by atomic mass is 19.1. The fourth-order valence-corrected chi connectivity index (χ4v) is 3.89. The Morgan fingerprint density at radius 1 is 1.09 bits per heavy atom. The fraction of sp³-hybridized carbons (Fsp3) is 0.292. The first kappa shape index (κ1) is 20.4. The van der Waals surface area contributed by atoms with Crippen LogP contribution < -0.4 is 9.47 Å². The summed E-state index contributed by atoms with van der Waals surface area (Å²) in [7, 11) is 0. The van der Waals surface area contributed by atoms with Crippen molar-refractivity contribution < 1.29 is 18.7 Å². The number of ketones is 1. The molecule has 3 aromatic rings. The second-order valence-corrected chi connectivity index (χ2v) is 7.96. The van der Waals surface area contributed by atoms with Crippen molar-refractivity contribution in [1.29, 1.82) is 0 Å². The highest BCUT2D eigenvalue weighted by Gasteiger charge is 2.27. The van der Waals surface area contributed by atoms with Gasteiger partial charge in [-0.15, -0.1) is 5.10 Å². The number of likely N-dealkylation sites (tertiary alicyclic amines) is 1. The lowest BCUT2D eigenvalue weighted by molar-refractivity contribution is 0.101. The average molecular weight is 434 g/mol. The quantitative estimate of drug-likeness (QED) is 0.528. The molecule has 2 aliphatic rings. The maximum Gasteiger partial charge on any atom is 0.231 e. The zero-order chi connectivity index (χ0) is 21.9. The van der Waals surface area contributed by atoms with Crippen LogP contribution in [0.1, 0.15) is 34.5 Å². The van der Waals surface area contributed by atoms with Gasteiger partial charge in [0.1, 0.15) is 29.6 Å². The number of halogens is 1. The molecule has 1 saturated heterocycles. The monoisotopic (exact) mass is 434 g/mol. The van der Waals surface area contributed by atoms with Gasteiger partial charge in [-0.2, -0.15) is 0 Å². The topological polar surface area (TPSA) is 69.5 Å². The van der Waals surface area contributed by atoms with Crippen molar-refractivity contribution in [2.75, 3.05) is 19.6 Å². The molecule has 3 heterocycles. The lowest BCUT2D eigenvalue weighted by Gasteiger charge is -2.13. The summed E-state index contributed by atoms with van der Waals surface area (Å²) in [6, 6.07) is 11.0. The van der Waals surface area contributed by atoms with Gasteiger partial charge in [0, 0.05) is 12.6 Å². The van der Waals surface area contributed by atoms with E-state index in [0.29, 0.717) is 22.6 Å². The molecule has 2 aliphatic heterocycles. The number of hydrogen-bond donors (Lipinski definition) is 0. The van der Waals surface area contributed by atoms with E-state index in [1.807, 2.05) is 10.9 Å². The van der Waals surface area contributed by atoms with Gasteiger partial charge in [-0.05, 0) is 61.8 Å². The maximum absolute atomic E-state index is 13.1. The molecular weight excluding hydrogens is 411 g/mol. The van der Waals surface area contributed by atoms with Gasteiger partial charge in [-0.25, -0.2) is 4.39 Å². The van der Waals surface area contributed by atoms with E-state index >= 15 is 0 Å². The summed E-state index contributed by atoms with van der Waals surface area (Å²) in [4.78, 5) is 15.0. The Morgan fingerprint density at radius 2 is 1.91 bits per heavy atom. The highest BCUT2D eigenvalue weighted by Crippen LogP contribution is 2.35. The van der Waals surface area contributed by atoms with E-state index < -0.39 is 0 Å². The van der Waals surface area contributed by atoms with Crippen LogP contribution in [0.15, 0.2) is 54.4 Å². The molecule has 8 heteroatoms. The minimum Gasteiger partial charge on any atom is -0.487 e.